The van der Waals surface area contributed by atoms with Crippen molar-refractivity contribution in [3.63, 3.8) is 0 Å². The van der Waals surface area contributed by atoms with Gasteiger partial charge in [0, 0.05) is 32.3 Å². The van der Waals surface area contributed by atoms with E-state index in [9.17, 15) is 4.79 Å². The van der Waals surface area contributed by atoms with Gasteiger partial charge in [-0.15, -0.1) is 0 Å². The maximum absolute atomic E-state index is 12.8. The summed E-state index contributed by atoms with van der Waals surface area (Å²) in [7, 11) is 5.49. The molecule has 0 fully saturated rings. The highest BCUT2D eigenvalue weighted by atomic mass is 16.6. The average molecular weight is 345 g/mol. The van der Waals surface area contributed by atoms with Crippen molar-refractivity contribution >= 4 is 11.5 Å². The van der Waals surface area contributed by atoms with Crippen LogP contribution in [0.3, 0.4) is 0 Å². The molecule has 0 saturated heterocycles. The molecular weight excluding hydrogens is 322 g/mol. The van der Waals surface area contributed by atoms with Gasteiger partial charge in [0.25, 0.3) is 0 Å². The second kappa shape index (κ2) is 7.67. The molecule has 1 heterocycles. The first-order valence-electron chi connectivity index (χ1n) is 8.22. The SMILES string of the molecule is COCCOCCON=C1C2=C(C(=O)c3ccccc31)N(C)CN2C. The Morgan fingerprint density at radius 2 is 1.68 bits per heavy atom. The molecule has 0 spiro atoms. The van der Waals surface area contributed by atoms with Crippen molar-refractivity contribution in [2.45, 2.75) is 0 Å². The number of fused-ring (bicyclic) bond motifs is 1. The third-order valence-corrected chi connectivity index (χ3v) is 4.18. The van der Waals surface area contributed by atoms with E-state index in [0.717, 1.165) is 11.3 Å². The van der Waals surface area contributed by atoms with Gasteiger partial charge in [0.15, 0.2) is 0 Å². The number of methoxy groups -OCH3 is 1. The van der Waals surface area contributed by atoms with Crippen LogP contribution in [0.4, 0.5) is 0 Å². The standard InChI is InChI=1S/C18H23N3O4/c1-20-12-21(2)17-16(20)15(19-25-11-10-24-9-8-23-3)13-6-4-5-7-14(13)18(17)22/h4-7H,8-12H2,1-3H3. The Bertz CT molecular complexity index is 714. The highest BCUT2D eigenvalue weighted by molar-refractivity contribution is 6.28. The number of hydrogen-bond acceptors (Lipinski definition) is 7. The number of hydrogen-bond donors (Lipinski definition) is 0. The van der Waals surface area contributed by atoms with Gasteiger partial charge in [-0.2, -0.15) is 0 Å². The number of carbonyl (C=O) groups is 1. The maximum Gasteiger partial charge on any atom is 0.211 e. The van der Waals surface area contributed by atoms with Crippen LogP contribution in [0.2, 0.25) is 0 Å². The van der Waals surface area contributed by atoms with Gasteiger partial charge in [-0.1, -0.05) is 29.4 Å². The van der Waals surface area contributed by atoms with Crippen molar-refractivity contribution < 1.29 is 19.1 Å². The maximum atomic E-state index is 12.8. The number of allylic oxidation sites excluding steroid dienone is 2. The number of ketones is 1. The predicted molar refractivity (Wildman–Crippen MR) is 93.4 cm³/mol. The van der Waals surface area contributed by atoms with Gasteiger partial charge in [-0.3, -0.25) is 4.79 Å². The van der Waals surface area contributed by atoms with Crippen molar-refractivity contribution in [1.82, 2.24) is 9.80 Å². The molecule has 0 atom stereocenters. The zero-order valence-corrected chi connectivity index (χ0v) is 14.8. The van der Waals surface area contributed by atoms with Gasteiger partial charge in [-0.25, -0.2) is 0 Å². The third kappa shape index (κ3) is 3.38. The summed E-state index contributed by atoms with van der Waals surface area (Å²) < 4.78 is 10.3. The van der Waals surface area contributed by atoms with E-state index in [0.29, 0.717) is 50.1 Å². The number of rotatable bonds is 7. The van der Waals surface area contributed by atoms with Crippen LogP contribution >= 0.6 is 0 Å². The summed E-state index contributed by atoms with van der Waals surface area (Å²) in [6.07, 6.45) is 0. The van der Waals surface area contributed by atoms with Gasteiger partial charge >= 0.3 is 0 Å². The lowest BCUT2D eigenvalue weighted by atomic mass is 9.90. The molecule has 0 saturated carbocycles. The van der Waals surface area contributed by atoms with E-state index in [2.05, 4.69) is 5.16 Å². The monoisotopic (exact) mass is 345 g/mol. The van der Waals surface area contributed by atoms with Gasteiger partial charge < -0.3 is 24.1 Å². The van der Waals surface area contributed by atoms with Crippen molar-refractivity contribution in [3.8, 4) is 0 Å². The largest absolute Gasteiger partial charge is 0.393 e. The summed E-state index contributed by atoms with van der Waals surface area (Å²) in [4.78, 5) is 22.2. The van der Waals surface area contributed by atoms with Crippen molar-refractivity contribution in [1.29, 1.82) is 0 Å². The first kappa shape index (κ1) is 17.4. The minimum atomic E-state index is 0.0271. The fourth-order valence-corrected chi connectivity index (χ4v) is 3.08. The first-order chi connectivity index (χ1) is 12.1. The van der Waals surface area contributed by atoms with E-state index in [1.807, 2.05) is 48.2 Å². The first-order valence-corrected chi connectivity index (χ1v) is 8.22. The number of oxime groups is 1. The summed E-state index contributed by atoms with van der Waals surface area (Å²) in [5.41, 5.74) is 3.62. The second-order valence-electron chi connectivity index (χ2n) is 5.99. The highest BCUT2D eigenvalue weighted by Gasteiger charge is 2.39. The molecular formula is C18H23N3O4. The van der Waals surface area contributed by atoms with E-state index in [4.69, 9.17) is 14.3 Å². The number of carbonyl (C=O) groups excluding carboxylic acids is 1. The number of nitrogens with zero attached hydrogens (tertiary/aromatic N) is 3. The van der Waals surface area contributed by atoms with E-state index in [1.165, 1.54) is 0 Å². The molecule has 2 aliphatic rings. The van der Waals surface area contributed by atoms with Gasteiger partial charge in [0.05, 0.1) is 32.2 Å². The normalized spacial score (nSPS) is 18.0. The molecule has 0 amide bonds. The van der Waals surface area contributed by atoms with Crippen LogP contribution in [-0.4, -0.2) is 75.6 Å². The van der Waals surface area contributed by atoms with Gasteiger partial charge in [-0.05, 0) is 0 Å². The summed E-state index contributed by atoms with van der Waals surface area (Å²) >= 11 is 0. The number of ether oxygens (including phenoxy) is 2. The molecule has 0 unspecified atom stereocenters. The minimum Gasteiger partial charge on any atom is -0.393 e. The Labute approximate surface area is 147 Å². The highest BCUT2D eigenvalue weighted by Crippen LogP contribution is 2.33. The Balaban J connectivity index is 1.81. The van der Waals surface area contributed by atoms with Crippen molar-refractivity contribution in [2.24, 2.45) is 5.16 Å². The fourth-order valence-electron chi connectivity index (χ4n) is 3.08. The lowest BCUT2D eigenvalue weighted by Crippen LogP contribution is -2.27. The smallest absolute Gasteiger partial charge is 0.211 e. The minimum absolute atomic E-state index is 0.0271. The second-order valence-corrected chi connectivity index (χ2v) is 5.99. The summed E-state index contributed by atoms with van der Waals surface area (Å²) in [6.45, 7) is 2.49. The van der Waals surface area contributed by atoms with Crippen LogP contribution in [0.15, 0.2) is 40.8 Å². The van der Waals surface area contributed by atoms with Crippen LogP contribution < -0.4 is 0 Å². The zero-order chi connectivity index (χ0) is 17.8. The molecule has 1 aliphatic heterocycles. The number of benzene rings is 1. The lowest BCUT2D eigenvalue weighted by Gasteiger charge is -2.22. The van der Waals surface area contributed by atoms with Crippen LogP contribution in [0.25, 0.3) is 0 Å². The fraction of sp³-hybridized carbons (Fsp3) is 0.444. The third-order valence-electron chi connectivity index (χ3n) is 4.18. The van der Waals surface area contributed by atoms with E-state index in [1.54, 1.807) is 7.11 Å². The van der Waals surface area contributed by atoms with Crippen LogP contribution in [-0.2, 0) is 14.3 Å². The molecule has 0 aromatic heterocycles. The molecule has 1 aliphatic carbocycles. The van der Waals surface area contributed by atoms with Crippen molar-refractivity contribution in [2.75, 3.05) is 54.3 Å². The molecule has 1 aromatic rings. The topological polar surface area (TPSA) is 63.6 Å². The molecule has 134 valence electrons. The predicted octanol–water partition coefficient (Wildman–Crippen LogP) is 1.31. The molecule has 3 rings (SSSR count). The van der Waals surface area contributed by atoms with Gasteiger partial charge in [0.2, 0.25) is 5.78 Å². The molecule has 0 radical (unpaired) electrons. The Hall–Kier alpha value is -2.38. The molecule has 0 N–H and O–H groups in total. The lowest BCUT2D eigenvalue weighted by molar-refractivity contribution is 0.0265. The van der Waals surface area contributed by atoms with E-state index in [-0.39, 0.29) is 5.78 Å². The zero-order valence-electron chi connectivity index (χ0n) is 14.8. The van der Waals surface area contributed by atoms with Crippen molar-refractivity contribution in [3.05, 3.63) is 46.8 Å². The van der Waals surface area contributed by atoms with Crippen LogP contribution in [0.1, 0.15) is 15.9 Å². The molecule has 7 heteroatoms. The molecule has 25 heavy (non-hydrogen) atoms. The number of likely N-dealkylation sites (N-methyl/N-ethyl adjacent to an activating group) is 2. The summed E-state index contributed by atoms with van der Waals surface area (Å²) in [6, 6.07) is 7.50. The Morgan fingerprint density at radius 3 is 2.44 bits per heavy atom. The average Bonchev–Trinajstić information content (AvgIpc) is 2.91. The quantitative estimate of drug-likeness (QED) is 0.548. The van der Waals surface area contributed by atoms with Crippen LogP contribution in [0, 0.1) is 0 Å². The number of Topliss-reactive ketones (excluding diaryl/α,β-unsaturated/α-hetero) is 1. The Kier molecular flexibility index (Phi) is 5.35. The summed E-state index contributed by atoms with van der Waals surface area (Å²) in [5, 5.41) is 4.33. The van der Waals surface area contributed by atoms with E-state index < -0.39 is 0 Å². The molecule has 0 bridgehead atoms. The Morgan fingerprint density at radius 1 is 1.00 bits per heavy atom. The summed E-state index contributed by atoms with van der Waals surface area (Å²) in [5.74, 6) is 0.0271. The van der Waals surface area contributed by atoms with E-state index >= 15 is 0 Å². The molecule has 7 nitrogen and oxygen atoms in total. The molecule has 1 aromatic carbocycles. The van der Waals surface area contributed by atoms with Gasteiger partial charge in [0.1, 0.15) is 18.0 Å². The van der Waals surface area contributed by atoms with Crippen LogP contribution in [0.5, 0.6) is 0 Å².